The van der Waals surface area contributed by atoms with E-state index in [1.54, 1.807) is 0 Å². The van der Waals surface area contributed by atoms with Gasteiger partial charge in [0.25, 0.3) is 5.91 Å². The first kappa shape index (κ1) is 16.1. The first-order valence-electron chi connectivity index (χ1n) is 7.71. The SMILES string of the molecule is Cc1ccc(-c2cn3c(C(=O)Nc4ccc(Br)cc4)csc3n2)cc1. The summed E-state index contributed by atoms with van der Waals surface area (Å²) in [5.74, 6) is -0.151. The number of anilines is 1. The second-order valence-electron chi connectivity index (χ2n) is 5.73. The van der Waals surface area contributed by atoms with Gasteiger partial charge in [0.15, 0.2) is 4.96 Å². The lowest BCUT2D eigenvalue weighted by molar-refractivity contribution is 0.102. The van der Waals surface area contributed by atoms with E-state index in [4.69, 9.17) is 0 Å². The Kier molecular flexibility index (Phi) is 4.15. The first-order valence-corrected chi connectivity index (χ1v) is 9.38. The summed E-state index contributed by atoms with van der Waals surface area (Å²) < 4.78 is 2.81. The Morgan fingerprint density at radius 1 is 1.12 bits per heavy atom. The number of carbonyl (C=O) groups is 1. The van der Waals surface area contributed by atoms with Gasteiger partial charge in [-0.25, -0.2) is 4.98 Å². The molecule has 2 aromatic heterocycles. The Hall–Kier alpha value is -2.44. The van der Waals surface area contributed by atoms with Gasteiger partial charge in [-0.1, -0.05) is 45.8 Å². The minimum Gasteiger partial charge on any atom is -0.321 e. The van der Waals surface area contributed by atoms with Crippen LogP contribution in [0.5, 0.6) is 0 Å². The smallest absolute Gasteiger partial charge is 0.273 e. The Balaban J connectivity index is 1.64. The molecule has 0 unspecified atom stereocenters. The van der Waals surface area contributed by atoms with Crippen molar-refractivity contribution < 1.29 is 4.79 Å². The van der Waals surface area contributed by atoms with Crippen molar-refractivity contribution in [1.29, 1.82) is 0 Å². The van der Waals surface area contributed by atoms with Gasteiger partial charge < -0.3 is 5.32 Å². The van der Waals surface area contributed by atoms with Crippen molar-refractivity contribution >= 4 is 43.8 Å². The van der Waals surface area contributed by atoms with Crippen molar-refractivity contribution in [2.45, 2.75) is 6.92 Å². The molecule has 1 amide bonds. The molecule has 4 aromatic rings. The van der Waals surface area contributed by atoms with Gasteiger partial charge in [-0.15, -0.1) is 11.3 Å². The Morgan fingerprint density at radius 2 is 1.84 bits per heavy atom. The van der Waals surface area contributed by atoms with E-state index in [0.29, 0.717) is 5.69 Å². The monoisotopic (exact) mass is 411 g/mol. The third-order valence-electron chi connectivity index (χ3n) is 3.89. The average molecular weight is 412 g/mol. The van der Waals surface area contributed by atoms with Crippen molar-refractivity contribution in [2.24, 2.45) is 0 Å². The highest BCUT2D eigenvalue weighted by atomic mass is 79.9. The Labute approximate surface area is 157 Å². The fourth-order valence-electron chi connectivity index (χ4n) is 2.54. The second kappa shape index (κ2) is 6.46. The summed E-state index contributed by atoms with van der Waals surface area (Å²) >= 11 is 4.85. The first-order chi connectivity index (χ1) is 12.1. The van der Waals surface area contributed by atoms with Gasteiger partial charge in [0.05, 0.1) is 5.69 Å². The van der Waals surface area contributed by atoms with Crippen molar-refractivity contribution in [3.05, 3.63) is 75.8 Å². The van der Waals surface area contributed by atoms with Crippen molar-refractivity contribution in [2.75, 3.05) is 5.32 Å². The van der Waals surface area contributed by atoms with Gasteiger partial charge in [-0.2, -0.15) is 0 Å². The number of aromatic nitrogens is 2. The molecule has 0 radical (unpaired) electrons. The number of nitrogens with one attached hydrogen (secondary N) is 1. The molecule has 0 aliphatic rings. The highest BCUT2D eigenvalue weighted by Crippen LogP contribution is 2.24. The molecular formula is C19H14BrN3OS. The number of fused-ring (bicyclic) bond motifs is 1. The topological polar surface area (TPSA) is 46.4 Å². The number of benzene rings is 2. The zero-order valence-electron chi connectivity index (χ0n) is 13.4. The van der Waals surface area contributed by atoms with Crippen LogP contribution in [0.4, 0.5) is 5.69 Å². The predicted molar refractivity (Wildman–Crippen MR) is 105 cm³/mol. The number of imidazole rings is 1. The molecule has 0 aliphatic carbocycles. The molecule has 0 aliphatic heterocycles. The third kappa shape index (κ3) is 3.23. The zero-order valence-corrected chi connectivity index (χ0v) is 15.8. The van der Waals surface area contributed by atoms with E-state index in [0.717, 1.165) is 26.4 Å². The summed E-state index contributed by atoms with van der Waals surface area (Å²) in [6, 6.07) is 15.7. The Morgan fingerprint density at radius 3 is 2.56 bits per heavy atom. The maximum absolute atomic E-state index is 12.6. The van der Waals surface area contributed by atoms with Gasteiger partial charge in [0.2, 0.25) is 0 Å². The van der Waals surface area contributed by atoms with Crippen LogP contribution >= 0.6 is 27.3 Å². The molecular weight excluding hydrogens is 398 g/mol. The number of carbonyl (C=O) groups excluding carboxylic acids is 1. The molecule has 4 rings (SSSR count). The van der Waals surface area contributed by atoms with Crippen LogP contribution in [-0.2, 0) is 0 Å². The molecule has 25 heavy (non-hydrogen) atoms. The lowest BCUT2D eigenvalue weighted by Crippen LogP contribution is -2.13. The van der Waals surface area contributed by atoms with Gasteiger partial charge in [-0.05, 0) is 31.2 Å². The standard InChI is InChI=1S/C19H14BrN3OS/c1-12-2-4-13(5-3-12)16-10-23-17(11-25-19(23)22-16)18(24)21-15-8-6-14(20)7-9-15/h2-11H,1H3,(H,21,24). The number of amides is 1. The highest BCUT2D eigenvalue weighted by molar-refractivity contribution is 9.10. The number of thiazole rings is 1. The van der Waals surface area contributed by atoms with Gasteiger partial charge in [0, 0.05) is 27.3 Å². The maximum atomic E-state index is 12.6. The van der Waals surface area contributed by atoms with E-state index >= 15 is 0 Å². The summed E-state index contributed by atoms with van der Waals surface area (Å²) in [7, 11) is 0. The number of hydrogen-bond donors (Lipinski definition) is 1. The summed E-state index contributed by atoms with van der Waals surface area (Å²) in [4.78, 5) is 18.0. The molecule has 0 spiro atoms. The number of rotatable bonds is 3. The third-order valence-corrected chi connectivity index (χ3v) is 5.26. The van der Waals surface area contributed by atoms with Gasteiger partial charge in [0.1, 0.15) is 5.69 Å². The van der Waals surface area contributed by atoms with Crippen LogP contribution in [0.1, 0.15) is 16.1 Å². The number of nitrogens with zero attached hydrogens (tertiary/aromatic N) is 2. The molecule has 0 atom stereocenters. The summed E-state index contributed by atoms with van der Waals surface area (Å²) in [5.41, 5.74) is 4.45. The number of hydrogen-bond acceptors (Lipinski definition) is 3. The second-order valence-corrected chi connectivity index (χ2v) is 7.48. The van der Waals surface area contributed by atoms with E-state index in [1.165, 1.54) is 16.9 Å². The molecule has 0 saturated heterocycles. The zero-order chi connectivity index (χ0) is 17.4. The van der Waals surface area contributed by atoms with E-state index in [2.05, 4.69) is 45.3 Å². The molecule has 0 bridgehead atoms. The van der Waals surface area contributed by atoms with Gasteiger partial charge >= 0.3 is 0 Å². The quantitative estimate of drug-likeness (QED) is 0.491. The van der Waals surface area contributed by atoms with Crippen LogP contribution in [0.25, 0.3) is 16.2 Å². The molecule has 4 nitrogen and oxygen atoms in total. The van der Waals surface area contributed by atoms with E-state index in [1.807, 2.05) is 52.4 Å². The highest BCUT2D eigenvalue weighted by Gasteiger charge is 2.15. The summed E-state index contributed by atoms with van der Waals surface area (Å²) in [6.45, 7) is 2.06. The lowest BCUT2D eigenvalue weighted by Gasteiger charge is -2.04. The minimum absolute atomic E-state index is 0.151. The average Bonchev–Trinajstić information content (AvgIpc) is 3.18. The van der Waals surface area contributed by atoms with Crippen molar-refractivity contribution in [3.8, 4) is 11.3 Å². The summed E-state index contributed by atoms with van der Waals surface area (Å²) in [6.07, 6.45) is 1.91. The lowest BCUT2D eigenvalue weighted by atomic mass is 10.1. The molecule has 124 valence electrons. The largest absolute Gasteiger partial charge is 0.321 e. The fraction of sp³-hybridized carbons (Fsp3) is 0.0526. The van der Waals surface area contributed by atoms with Crippen LogP contribution in [0.15, 0.2) is 64.6 Å². The van der Waals surface area contributed by atoms with Crippen LogP contribution in [0, 0.1) is 6.92 Å². The van der Waals surface area contributed by atoms with Gasteiger partial charge in [-0.3, -0.25) is 9.20 Å². The predicted octanol–water partition coefficient (Wildman–Crippen LogP) is 5.39. The van der Waals surface area contributed by atoms with Crippen LogP contribution in [0.3, 0.4) is 0 Å². The van der Waals surface area contributed by atoms with E-state index < -0.39 is 0 Å². The van der Waals surface area contributed by atoms with Crippen molar-refractivity contribution in [1.82, 2.24) is 9.38 Å². The minimum atomic E-state index is -0.151. The van der Waals surface area contributed by atoms with E-state index in [9.17, 15) is 4.79 Å². The molecule has 2 aromatic carbocycles. The summed E-state index contributed by atoms with van der Waals surface area (Å²) in [5, 5.41) is 4.75. The van der Waals surface area contributed by atoms with E-state index in [-0.39, 0.29) is 5.91 Å². The number of aryl methyl sites for hydroxylation is 1. The van der Waals surface area contributed by atoms with Crippen LogP contribution < -0.4 is 5.32 Å². The van der Waals surface area contributed by atoms with Crippen LogP contribution in [0.2, 0.25) is 0 Å². The van der Waals surface area contributed by atoms with Crippen molar-refractivity contribution in [3.63, 3.8) is 0 Å². The van der Waals surface area contributed by atoms with Crippen LogP contribution in [-0.4, -0.2) is 15.3 Å². The maximum Gasteiger partial charge on any atom is 0.273 e. The fourth-order valence-corrected chi connectivity index (χ4v) is 3.66. The molecule has 0 fully saturated rings. The number of halogens is 1. The molecule has 2 heterocycles. The molecule has 1 N–H and O–H groups in total. The molecule has 0 saturated carbocycles. The molecule has 6 heteroatoms. The normalized spacial score (nSPS) is 11.0. The Bertz CT molecular complexity index is 1050.